The molecule has 0 atom stereocenters. The Balaban J connectivity index is 1.96. The third-order valence-corrected chi connectivity index (χ3v) is 4.85. The van der Waals surface area contributed by atoms with Crippen LogP contribution in [0.4, 0.5) is 5.69 Å². The molecule has 0 spiro atoms. The van der Waals surface area contributed by atoms with Crippen molar-refractivity contribution >= 4 is 27.5 Å². The van der Waals surface area contributed by atoms with E-state index in [1.165, 1.54) is 12.1 Å². The Hall–Kier alpha value is -3.07. The third-order valence-electron chi connectivity index (χ3n) is 4.26. The van der Waals surface area contributed by atoms with Crippen LogP contribution in [0.3, 0.4) is 0 Å². The number of ether oxygens (including phenoxy) is 1. The first kappa shape index (κ1) is 23.2. The molecule has 0 aliphatic carbocycles. The van der Waals surface area contributed by atoms with E-state index in [2.05, 4.69) is 15.6 Å². The summed E-state index contributed by atoms with van der Waals surface area (Å²) in [5, 5.41) is 0. The Morgan fingerprint density at radius 2 is 1.73 bits per heavy atom. The molecule has 0 fully saturated rings. The standard InChI is InChI=1S/C21H27N3O5S/c1-13(2)17-9-6-14(3)10-19(17)29-12-20(25)22-23-21(26)16-8-7-15(4)18(11-16)24-30(5,27)28/h6-11,13,24H,12H2,1-5H3,(H,22,25)(H,23,26). The zero-order valence-electron chi connectivity index (χ0n) is 17.7. The van der Waals surface area contributed by atoms with E-state index >= 15 is 0 Å². The SMILES string of the molecule is Cc1ccc(C(C)C)c(OCC(=O)NNC(=O)c2ccc(C)c(NS(C)(=O)=O)c2)c1. The lowest BCUT2D eigenvalue weighted by Gasteiger charge is -2.15. The molecule has 9 heteroatoms. The molecule has 0 aliphatic heterocycles. The number of amides is 2. The second-order valence-corrected chi connectivity index (χ2v) is 9.14. The van der Waals surface area contributed by atoms with Crippen LogP contribution in [-0.2, 0) is 14.8 Å². The molecule has 0 radical (unpaired) electrons. The van der Waals surface area contributed by atoms with Gasteiger partial charge in [0, 0.05) is 5.56 Å². The second-order valence-electron chi connectivity index (χ2n) is 7.39. The van der Waals surface area contributed by atoms with Crippen molar-refractivity contribution in [1.29, 1.82) is 0 Å². The molecule has 3 N–H and O–H groups in total. The highest BCUT2D eigenvalue weighted by Gasteiger charge is 2.13. The molecule has 0 unspecified atom stereocenters. The van der Waals surface area contributed by atoms with Gasteiger partial charge in [0.05, 0.1) is 11.9 Å². The molecule has 0 saturated heterocycles. The Morgan fingerprint density at radius 3 is 2.37 bits per heavy atom. The van der Waals surface area contributed by atoms with Crippen molar-refractivity contribution in [3.05, 3.63) is 58.7 Å². The number of carbonyl (C=O) groups excluding carboxylic acids is 2. The highest BCUT2D eigenvalue weighted by atomic mass is 32.2. The molecule has 8 nitrogen and oxygen atoms in total. The van der Waals surface area contributed by atoms with Gasteiger partial charge in [-0.3, -0.25) is 25.2 Å². The Bertz CT molecular complexity index is 1050. The summed E-state index contributed by atoms with van der Waals surface area (Å²) in [5.74, 6) is -0.249. The summed E-state index contributed by atoms with van der Waals surface area (Å²) in [6, 6.07) is 10.4. The maximum absolute atomic E-state index is 12.3. The van der Waals surface area contributed by atoms with Crippen LogP contribution in [0.15, 0.2) is 36.4 Å². The van der Waals surface area contributed by atoms with E-state index in [9.17, 15) is 18.0 Å². The van der Waals surface area contributed by atoms with Crippen molar-refractivity contribution in [3.8, 4) is 5.75 Å². The van der Waals surface area contributed by atoms with Gasteiger partial charge in [-0.2, -0.15) is 0 Å². The number of hydrazine groups is 1. The van der Waals surface area contributed by atoms with Gasteiger partial charge < -0.3 is 4.74 Å². The largest absolute Gasteiger partial charge is 0.483 e. The summed E-state index contributed by atoms with van der Waals surface area (Å²) in [6.45, 7) is 7.45. The molecule has 30 heavy (non-hydrogen) atoms. The first-order valence-corrected chi connectivity index (χ1v) is 11.3. The molecule has 0 heterocycles. The minimum atomic E-state index is -3.48. The van der Waals surface area contributed by atoms with Crippen LogP contribution < -0.4 is 20.3 Å². The summed E-state index contributed by atoms with van der Waals surface area (Å²) < 4.78 is 30.9. The average Bonchev–Trinajstić information content (AvgIpc) is 2.64. The Kier molecular flexibility index (Phi) is 7.44. The van der Waals surface area contributed by atoms with Crippen LogP contribution in [0.2, 0.25) is 0 Å². The molecule has 2 aromatic carbocycles. The van der Waals surface area contributed by atoms with Gasteiger partial charge in [0.1, 0.15) is 5.75 Å². The fraction of sp³-hybridized carbons (Fsp3) is 0.333. The summed E-state index contributed by atoms with van der Waals surface area (Å²) in [4.78, 5) is 24.4. The topological polar surface area (TPSA) is 114 Å². The van der Waals surface area contributed by atoms with E-state index in [1.807, 2.05) is 39.0 Å². The van der Waals surface area contributed by atoms with Crippen LogP contribution in [0.1, 0.15) is 46.8 Å². The van der Waals surface area contributed by atoms with Gasteiger partial charge >= 0.3 is 0 Å². The van der Waals surface area contributed by atoms with Crippen molar-refractivity contribution in [2.75, 3.05) is 17.6 Å². The summed E-state index contributed by atoms with van der Waals surface area (Å²) in [7, 11) is -3.48. The number of rotatable bonds is 7. The van der Waals surface area contributed by atoms with E-state index in [-0.39, 0.29) is 18.1 Å². The van der Waals surface area contributed by atoms with Gasteiger partial charge in [-0.15, -0.1) is 0 Å². The molecular weight excluding hydrogens is 406 g/mol. The summed E-state index contributed by atoms with van der Waals surface area (Å²) >= 11 is 0. The van der Waals surface area contributed by atoms with Gasteiger partial charge in [0.2, 0.25) is 10.0 Å². The highest BCUT2D eigenvalue weighted by Crippen LogP contribution is 2.27. The predicted octanol–water partition coefficient (Wildman–Crippen LogP) is 2.64. The molecule has 162 valence electrons. The van der Waals surface area contributed by atoms with Crippen molar-refractivity contribution < 1.29 is 22.7 Å². The smallest absolute Gasteiger partial charge is 0.276 e. The number of benzene rings is 2. The first-order valence-electron chi connectivity index (χ1n) is 9.37. The third kappa shape index (κ3) is 6.77. The molecule has 2 rings (SSSR count). The zero-order valence-corrected chi connectivity index (χ0v) is 18.5. The summed E-state index contributed by atoms with van der Waals surface area (Å²) in [5.41, 5.74) is 7.74. The van der Waals surface area contributed by atoms with Crippen molar-refractivity contribution in [2.24, 2.45) is 0 Å². The molecule has 2 amide bonds. The van der Waals surface area contributed by atoms with Crippen LogP contribution in [0.5, 0.6) is 5.75 Å². The molecule has 0 aliphatic rings. The molecule has 0 saturated carbocycles. The minimum Gasteiger partial charge on any atom is -0.483 e. The quantitative estimate of drug-likeness (QED) is 0.581. The summed E-state index contributed by atoms with van der Waals surface area (Å²) in [6.07, 6.45) is 1.03. The molecule has 2 aromatic rings. The fourth-order valence-corrected chi connectivity index (χ4v) is 3.31. The zero-order chi connectivity index (χ0) is 22.5. The number of sulfonamides is 1. The molecule has 0 aromatic heterocycles. The van der Waals surface area contributed by atoms with E-state index in [4.69, 9.17) is 4.74 Å². The van der Waals surface area contributed by atoms with E-state index in [1.54, 1.807) is 13.0 Å². The van der Waals surface area contributed by atoms with E-state index in [0.29, 0.717) is 17.0 Å². The Morgan fingerprint density at radius 1 is 1.03 bits per heavy atom. The minimum absolute atomic E-state index is 0.189. The Labute approximate surface area is 177 Å². The molecular formula is C21H27N3O5S. The van der Waals surface area contributed by atoms with Crippen LogP contribution in [0, 0.1) is 13.8 Å². The maximum atomic E-state index is 12.3. The predicted molar refractivity (Wildman–Crippen MR) is 116 cm³/mol. The second kappa shape index (κ2) is 9.62. The van der Waals surface area contributed by atoms with Gasteiger partial charge in [-0.1, -0.05) is 32.0 Å². The van der Waals surface area contributed by atoms with E-state index in [0.717, 1.165) is 17.4 Å². The van der Waals surface area contributed by atoms with Crippen LogP contribution >= 0.6 is 0 Å². The van der Waals surface area contributed by atoms with E-state index < -0.39 is 21.8 Å². The number of carbonyl (C=O) groups is 2. The van der Waals surface area contributed by atoms with Crippen molar-refractivity contribution in [1.82, 2.24) is 10.9 Å². The number of anilines is 1. The average molecular weight is 434 g/mol. The van der Waals surface area contributed by atoms with Crippen molar-refractivity contribution in [2.45, 2.75) is 33.6 Å². The molecule has 0 bridgehead atoms. The van der Waals surface area contributed by atoms with Gasteiger partial charge in [0.15, 0.2) is 6.61 Å². The lowest BCUT2D eigenvalue weighted by Crippen LogP contribution is -2.43. The maximum Gasteiger partial charge on any atom is 0.276 e. The first-order chi connectivity index (χ1) is 14.0. The number of aryl methyl sites for hydroxylation is 2. The van der Waals surface area contributed by atoms with Gasteiger partial charge in [0.25, 0.3) is 11.8 Å². The van der Waals surface area contributed by atoms with Crippen molar-refractivity contribution in [3.63, 3.8) is 0 Å². The number of nitrogens with one attached hydrogen (secondary N) is 3. The van der Waals surface area contributed by atoms with Crippen LogP contribution in [0.25, 0.3) is 0 Å². The lowest BCUT2D eigenvalue weighted by molar-refractivity contribution is -0.123. The monoisotopic (exact) mass is 433 g/mol. The van der Waals surface area contributed by atoms with Crippen LogP contribution in [-0.4, -0.2) is 33.1 Å². The lowest BCUT2D eigenvalue weighted by atomic mass is 10.0. The normalized spacial score (nSPS) is 11.1. The number of hydrogen-bond donors (Lipinski definition) is 3. The van der Waals surface area contributed by atoms with Gasteiger partial charge in [-0.25, -0.2) is 8.42 Å². The number of hydrogen-bond acceptors (Lipinski definition) is 5. The highest BCUT2D eigenvalue weighted by molar-refractivity contribution is 7.92. The van der Waals surface area contributed by atoms with Gasteiger partial charge in [-0.05, 0) is 54.7 Å². The fourth-order valence-electron chi connectivity index (χ4n) is 2.69.